The molecule has 2 unspecified atom stereocenters. The molecule has 0 saturated carbocycles. The number of hydrogen-bond donors (Lipinski definition) is 1. The van der Waals surface area contributed by atoms with Crippen molar-refractivity contribution in [1.82, 2.24) is 15.2 Å². The minimum atomic E-state index is -0.457. The van der Waals surface area contributed by atoms with Gasteiger partial charge in [-0.2, -0.15) is 0 Å². The number of aromatic nitrogens is 1. The number of piperidine rings is 1. The number of rotatable bonds is 6. The third-order valence-electron chi connectivity index (χ3n) is 5.56. The molecule has 1 aromatic carbocycles. The summed E-state index contributed by atoms with van der Waals surface area (Å²) in [7, 11) is 0. The molecule has 1 N–H and O–H groups in total. The van der Waals surface area contributed by atoms with Gasteiger partial charge in [0.25, 0.3) is 0 Å². The summed E-state index contributed by atoms with van der Waals surface area (Å²) in [5, 5.41) is 3.23. The van der Waals surface area contributed by atoms with Gasteiger partial charge in [-0.15, -0.1) is 0 Å². The summed E-state index contributed by atoms with van der Waals surface area (Å²) in [5.41, 5.74) is 1.42. The van der Waals surface area contributed by atoms with Gasteiger partial charge in [0.15, 0.2) is 0 Å². The maximum Gasteiger partial charge on any atom is 0.225 e. The van der Waals surface area contributed by atoms with Gasteiger partial charge in [-0.1, -0.05) is 45.4 Å². The lowest BCUT2D eigenvalue weighted by molar-refractivity contribution is -0.129. The number of hydrogen-bond acceptors (Lipinski definition) is 3. The Hall–Kier alpha value is -2.27. The highest BCUT2D eigenvalue weighted by Gasteiger charge is 2.30. The van der Waals surface area contributed by atoms with Crippen LogP contribution in [0.2, 0.25) is 0 Å². The number of halogens is 1. The first kappa shape index (κ1) is 21.4. The molecular weight excluding hydrogens is 365 g/mol. The van der Waals surface area contributed by atoms with Gasteiger partial charge in [0.05, 0.1) is 11.7 Å². The summed E-state index contributed by atoms with van der Waals surface area (Å²) in [6, 6.07) is 12.9. The third-order valence-corrected chi connectivity index (χ3v) is 5.56. The van der Waals surface area contributed by atoms with Crippen molar-refractivity contribution in [3.8, 4) is 0 Å². The minimum Gasteiger partial charge on any atom is -0.347 e. The Balaban J connectivity index is 1.77. The Morgan fingerprint density at radius 2 is 2.07 bits per heavy atom. The van der Waals surface area contributed by atoms with E-state index >= 15 is 0 Å². The van der Waals surface area contributed by atoms with Crippen LogP contribution in [0.25, 0.3) is 0 Å². The molecule has 3 rings (SSSR count). The Bertz CT molecular complexity index is 803. The summed E-state index contributed by atoms with van der Waals surface area (Å²) in [4.78, 5) is 19.7. The molecule has 0 spiro atoms. The fourth-order valence-electron chi connectivity index (χ4n) is 3.89. The van der Waals surface area contributed by atoms with Gasteiger partial charge < -0.3 is 5.32 Å². The Kier molecular flexibility index (Phi) is 7.01. The number of pyridine rings is 1. The molecule has 156 valence electrons. The Morgan fingerprint density at radius 3 is 2.76 bits per heavy atom. The monoisotopic (exact) mass is 397 g/mol. The van der Waals surface area contributed by atoms with Gasteiger partial charge in [0, 0.05) is 24.2 Å². The summed E-state index contributed by atoms with van der Waals surface area (Å²) < 4.78 is 13.6. The zero-order valence-electron chi connectivity index (χ0n) is 17.7. The molecule has 1 aliphatic heterocycles. The van der Waals surface area contributed by atoms with E-state index in [1.54, 1.807) is 18.3 Å². The van der Waals surface area contributed by atoms with E-state index in [9.17, 15) is 9.18 Å². The SMILES string of the molecule is CC(C)(C)C(=O)NC(CC1CCCCN1Cc1cccc(F)c1)c1ccccn1. The smallest absolute Gasteiger partial charge is 0.225 e. The van der Waals surface area contributed by atoms with E-state index in [0.29, 0.717) is 6.04 Å². The minimum absolute atomic E-state index is 0.0284. The van der Waals surface area contributed by atoms with Gasteiger partial charge in [0.2, 0.25) is 5.91 Å². The van der Waals surface area contributed by atoms with Crippen LogP contribution in [-0.4, -0.2) is 28.4 Å². The highest BCUT2D eigenvalue weighted by atomic mass is 19.1. The molecule has 1 fully saturated rings. The van der Waals surface area contributed by atoms with Crippen LogP contribution in [0.5, 0.6) is 0 Å². The maximum atomic E-state index is 13.6. The summed E-state index contributed by atoms with van der Waals surface area (Å²) in [6.07, 6.45) is 5.97. The summed E-state index contributed by atoms with van der Waals surface area (Å²) in [6.45, 7) is 7.49. The standard InChI is InChI=1S/C24H32FN3O/c1-24(2,3)23(29)27-22(21-12-4-6-13-26-21)16-20-11-5-7-14-28(20)17-18-9-8-10-19(25)15-18/h4,6,8-10,12-13,15,20,22H,5,7,11,14,16-17H2,1-3H3,(H,27,29). The van der Waals surface area contributed by atoms with Crippen molar-refractivity contribution in [3.63, 3.8) is 0 Å². The van der Waals surface area contributed by atoms with Crippen LogP contribution in [0.4, 0.5) is 4.39 Å². The molecule has 2 aromatic rings. The largest absolute Gasteiger partial charge is 0.347 e. The van der Waals surface area contributed by atoms with E-state index in [4.69, 9.17) is 0 Å². The van der Waals surface area contributed by atoms with Gasteiger partial charge in [0.1, 0.15) is 5.82 Å². The number of likely N-dealkylation sites (tertiary alicyclic amines) is 1. The lowest BCUT2D eigenvalue weighted by Crippen LogP contribution is -2.44. The fourth-order valence-corrected chi connectivity index (χ4v) is 3.89. The van der Waals surface area contributed by atoms with Crippen LogP contribution < -0.4 is 5.32 Å². The van der Waals surface area contributed by atoms with Crippen LogP contribution in [0.1, 0.15) is 63.8 Å². The number of carbonyl (C=O) groups excluding carboxylic acids is 1. The first-order valence-corrected chi connectivity index (χ1v) is 10.5. The average molecular weight is 398 g/mol. The first-order valence-electron chi connectivity index (χ1n) is 10.5. The number of benzene rings is 1. The molecule has 1 saturated heterocycles. The highest BCUT2D eigenvalue weighted by molar-refractivity contribution is 5.81. The predicted molar refractivity (Wildman–Crippen MR) is 114 cm³/mol. The fraction of sp³-hybridized carbons (Fsp3) is 0.500. The van der Waals surface area contributed by atoms with Crippen LogP contribution in [0.15, 0.2) is 48.7 Å². The average Bonchev–Trinajstić information content (AvgIpc) is 2.69. The van der Waals surface area contributed by atoms with E-state index in [1.807, 2.05) is 45.0 Å². The topological polar surface area (TPSA) is 45.2 Å². The number of carbonyl (C=O) groups is 1. The van der Waals surface area contributed by atoms with Gasteiger partial charge >= 0.3 is 0 Å². The normalized spacial score (nSPS) is 19.0. The third kappa shape index (κ3) is 6.10. The summed E-state index contributed by atoms with van der Waals surface area (Å²) >= 11 is 0. The van der Waals surface area contributed by atoms with Crippen LogP contribution >= 0.6 is 0 Å². The van der Waals surface area contributed by atoms with E-state index in [0.717, 1.165) is 43.6 Å². The molecule has 0 aliphatic carbocycles. The lowest BCUT2D eigenvalue weighted by Gasteiger charge is -2.38. The second-order valence-electron chi connectivity index (χ2n) is 9.02. The molecule has 2 heterocycles. The highest BCUT2D eigenvalue weighted by Crippen LogP contribution is 2.28. The van der Waals surface area contributed by atoms with Crippen molar-refractivity contribution in [2.75, 3.05) is 6.54 Å². The first-order chi connectivity index (χ1) is 13.8. The second-order valence-corrected chi connectivity index (χ2v) is 9.02. The molecule has 1 aromatic heterocycles. The van der Waals surface area contributed by atoms with Gasteiger partial charge in [-0.05, 0) is 55.6 Å². The zero-order valence-corrected chi connectivity index (χ0v) is 17.7. The molecule has 5 heteroatoms. The molecule has 4 nitrogen and oxygen atoms in total. The molecule has 29 heavy (non-hydrogen) atoms. The van der Waals surface area contributed by atoms with Crippen molar-refractivity contribution in [2.24, 2.45) is 5.41 Å². The van der Waals surface area contributed by atoms with Crippen molar-refractivity contribution in [3.05, 3.63) is 65.7 Å². The van der Waals surface area contributed by atoms with E-state index in [-0.39, 0.29) is 17.8 Å². The van der Waals surface area contributed by atoms with Crippen molar-refractivity contribution in [2.45, 2.75) is 65.1 Å². The van der Waals surface area contributed by atoms with Crippen molar-refractivity contribution >= 4 is 5.91 Å². The number of nitrogens with one attached hydrogen (secondary N) is 1. The molecule has 1 aliphatic rings. The van der Waals surface area contributed by atoms with E-state index in [1.165, 1.54) is 12.5 Å². The predicted octanol–water partition coefficient (Wildman–Crippen LogP) is 4.87. The quantitative estimate of drug-likeness (QED) is 0.756. The molecule has 0 bridgehead atoms. The molecular formula is C24H32FN3O. The Labute approximate surface area is 173 Å². The molecule has 0 radical (unpaired) electrons. The van der Waals surface area contributed by atoms with Gasteiger partial charge in [-0.3, -0.25) is 14.7 Å². The number of nitrogens with zero attached hydrogens (tertiary/aromatic N) is 2. The zero-order chi connectivity index (χ0) is 20.9. The van der Waals surface area contributed by atoms with E-state index in [2.05, 4.69) is 15.2 Å². The van der Waals surface area contributed by atoms with Crippen LogP contribution in [0, 0.1) is 11.2 Å². The van der Waals surface area contributed by atoms with Crippen LogP contribution in [-0.2, 0) is 11.3 Å². The number of amides is 1. The molecule has 1 amide bonds. The Morgan fingerprint density at radius 1 is 1.24 bits per heavy atom. The van der Waals surface area contributed by atoms with Crippen LogP contribution in [0.3, 0.4) is 0 Å². The molecule has 2 atom stereocenters. The van der Waals surface area contributed by atoms with Crippen molar-refractivity contribution < 1.29 is 9.18 Å². The summed E-state index contributed by atoms with van der Waals surface area (Å²) in [5.74, 6) is -0.166. The van der Waals surface area contributed by atoms with E-state index < -0.39 is 5.41 Å². The maximum absolute atomic E-state index is 13.6. The second kappa shape index (κ2) is 9.49. The lowest BCUT2D eigenvalue weighted by atomic mass is 9.91. The van der Waals surface area contributed by atoms with Crippen molar-refractivity contribution in [1.29, 1.82) is 0 Å². The van der Waals surface area contributed by atoms with Gasteiger partial charge in [-0.25, -0.2) is 4.39 Å².